The molecule has 16 heavy (non-hydrogen) atoms. The van der Waals surface area contributed by atoms with Gasteiger partial charge >= 0.3 is 0 Å². The minimum atomic E-state index is -0.673. The van der Waals surface area contributed by atoms with Gasteiger partial charge in [-0.05, 0) is 12.8 Å². The summed E-state index contributed by atoms with van der Waals surface area (Å²) in [6.45, 7) is 1.69. The van der Waals surface area contributed by atoms with Crippen molar-refractivity contribution >= 4 is 5.78 Å². The van der Waals surface area contributed by atoms with Gasteiger partial charge < -0.3 is 4.90 Å². The molecule has 0 amide bonds. The number of allylic oxidation sites excluding steroid dienone is 1. The van der Waals surface area contributed by atoms with Crippen LogP contribution in [0.15, 0.2) is 42.4 Å². The van der Waals surface area contributed by atoms with Crippen molar-refractivity contribution in [2.75, 3.05) is 13.1 Å². The maximum atomic E-state index is 13.6. The zero-order valence-corrected chi connectivity index (χ0v) is 9.03. The summed E-state index contributed by atoms with van der Waals surface area (Å²) in [5.41, 5.74) is 0.399. The average molecular weight is 219 g/mol. The first-order valence-corrected chi connectivity index (χ1v) is 5.48. The normalized spacial score (nSPS) is 16.6. The molecule has 0 saturated carbocycles. The van der Waals surface area contributed by atoms with Crippen LogP contribution < -0.4 is 0 Å². The predicted octanol–water partition coefficient (Wildman–Crippen LogP) is 2.78. The average Bonchev–Trinajstić information content (AvgIpc) is 2.82. The van der Waals surface area contributed by atoms with Crippen LogP contribution in [0.3, 0.4) is 0 Å². The van der Waals surface area contributed by atoms with Gasteiger partial charge in [-0.15, -0.1) is 0 Å². The Morgan fingerprint density at radius 3 is 2.44 bits per heavy atom. The van der Waals surface area contributed by atoms with Gasteiger partial charge in [0.05, 0.1) is 0 Å². The molecule has 1 aliphatic heterocycles. The number of likely N-dealkylation sites (tertiary alicyclic amines) is 1. The molecule has 0 atom stereocenters. The summed E-state index contributed by atoms with van der Waals surface area (Å²) < 4.78 is 13.6. The molecule has 2 rings (SSSR count). The Kier molecular flexibility index (Phi) is 3.34. The Labute approximate surface area is 94.4 Å². The van der Waals surface area contributed by atoms with E-state index in [9.17, 15) is 9.18 Å². The third kappa shape index (κ3) is 2.48. The number of carbonyl (C=O) groups is 1. The van der Waals surface area contributed by atoms with E-state index in [2.05, 4.69) is 0 Å². The first-order valence-electron chi connectivity index (χ1n) is 5.48. The molecule has 1 aromatic rings. The van der Waals surface area contributed by atoms with E-state index in [0.29, 0.717) is 5.56 Å². The first-order chi connectivity index (χ1) is 7.77. The molecule has 3 heteroatoms. The van der Waals surface area contributed by atoms with Crippen molar-refractivity contribution in [3.05, 3.63) is 47.9 Å². The van der Waals surface area contributed by atoms with Gasteiger partial charge in [-0.25, -0.2) is 4.39 Å². The SMILES string of the molecule is O=C(C(F)=CN1CCCC1)c1ccccc1. The lowest BCUT2D eigenvalue weighted by molar-refractivity contribution is 0.100. The largest absolute Gasteiger partial charge is 0.375 e. The molecule has 0 aromatic heterocycles. The molecule has 1 heterocycles. The topological polar surface area (TPSA) is 20.3 Å². The van der Waals surface area contributed by atoms with Crippen molar-refractivity contribution in [2.24, 2.45) is 0 Å². The highest BCUT2D eigenvalue weighted by atomic mass is 19.1. The van der Waals surface area contributed by atoms with Gasteiger partial charge in [-0.3, -0.25) is 4.79 Å². The molecular formula is C13H14FNO. The molecular weight excluding hydrogens is 205 g/mol. The highest BCUT2D eigenvalue weighted by Crippen LogP contribution is 2.14. The van der Waals surface area contributed by atoms with Crippen LogP contribution in [0.4, 0.5) is 4.39 Å². The van der Waals surface area contributed by atoms with Crippen LogP contribution in [-0.2, 0) is 0 Å². The van der Waals surface area contributed by atoms with E-state index in [1.807, 2.05) is 4.90 Å². The van der Waals surface area contributed by atoms with Crippen LogP contribution in [0.1, 0.15) is 23.2 Å². The van der Waals surface area contributed by atoms with E-state index in [-0.39, 0.29) is 0 Å². The number of Topliss-reactive ketones (excluding diaryl/α,β-unsaturated/α-hetero) is 1. The van der Waals surface area contributed by atoms with Crippen LogP contribution in [-0.4, -0.2) is 23.8 Å². The van der Waals surface area contributed by atoms with E-state index >= 15 is 0 Å². The Morgan fingerprint density at radius 1 is 1.19 bits per heavy atom. The van der Waals surface area contributed by atoms with Crippen molar-refractivity contribution in [3.8, 4) is 0 Å². The number of hydrogen-bond acceptors (Lipinski definition) is 2. The van der Waals surface area contributed by atoms with Crippen molar-refractivity contribution in [1.82, 2.24) is 4.90 Å². The number of ketones is 1. The fourth-order valence-corrected chi connectivity index (χ4v) is 1.82. The monoisotopic (exact) mass is 219 g/mol. The molecule has 1 fully saturated rings. The summed E-state index contributed by atoms with van der Waals surface area (Å²) >= 11 is 0. The summed E-state index contributed by atoms with van der Waals surface area (Å²) in [4.78, 5) is 13.5. The predicted molar refractivity (Wildman–Crippen MR) is 60.8 cm³/mol. The second-order valence-corrected chi connectivity index (χ2v) is 3.92. The molecule has 0 N–H and O–H groups in total. The highest BCUT2D eigenvalue weighted by Gasteiger charge is 2.15. The van der Waals surface area contributed by atoms with Crippen molar-refractivity contribution < 1.29 is 9.18 Å². The van der Waals surface area contributed by atoms with Gasteiger partial charge in [0.2, 0.25) is 5.78 Å². The Morgan fingerprint density at radius 2 is 1.81 bits per heavy atom. The molecule has 2 nitrogen and oxygen atoms in total. The van der Waals surface area contributed by atoms with Gasteiger partial charge in [0.15, 0.2) is 5.83 Å². The molecule has 0 unspecified atom stereocenters. The van der Waals surface area contributed by atoms with Crippen molar-refractivity contribution in [2.45, 2.75) is 12.8 Å². The van der Waals surface area contributed by atoms with Gasteiger partial charge in [0.25, 0.3) is 0 Å². The smallest absolute Gasteiger partial charge is 0.222 e. The van der Waals surface area contributed by atoms with Gasteiger partial charge in [0, 0.05) is 24.9 Å². The number of nitrogens with zero attached hydrogens (tertiary/aromatic N) is 1. The summed E-state index contributed by atoms with van der Waals surface area (Å²) in [6.07, 6.45) is 3.48. The van der Waals surface area contributed by atoms with Crippen LogP contribution in [0.25, 0.3) is 0 Å². The summed E-state index contributed by atoms with van der Waals surface area (Å²) in [7, 11) is 0. The van der Waals surface area contributed by atoms with Gasteiger partial charge in [-0.1, -0.05) is 30.3 Å². The lowest BCUT2D eigenvalue weighted by Gasteiger charge is -2.10. The number of hydrogen-bond donors (Lipinski definition) is 0. The summed E-state index contributed by atoms with van der Waals surface area (Å²) in [5.74, 6) is -1.21. The lowest BCUT2D eigenvalue weighted by atomic mass is 10.1. The van der Waals surface area contributed by atoms with Crippen LogP contribution in [0, 0.1) is 0 Å². The van der Waals surface area contributed by atoms with E-state index < -0.39 is 11.6 Å². The lowest BCUT2D eigenvalue weighted by Crippen LogP contribution is -2.13. The Bertz CT molecular complexity index is 394. The Hall–Kier alpha value is -1.64. The molecule has 0 bridgehead atoms. The zero-order chi connectivity index (χ0) is 11.4. The van der Waals surface area contributed by atoms with Crippen molar-refractivity contribution in [3.63, 3.8) is 0 Å². The van der Waals surface area contributed by atoms with Crippen molar-refractivity contribution in [1.29, 1.82) is 0 Å². The zero-order valence-electron chi connectivity index (χ0n) is 9.03. The van der Waals surface area contributed by atoms with Gasteiger partial charge in [0.1, 0.15) is 0 Å². The maximum Gasteiger partial charge on any atom is 0.222 e. The quantitative estimate of drug-likeness (QED) is 0.575. The first kappa shape index (κ1) is 10.9. The summed E-state index contributed by atoms with van der Waals surface area (Å²) in [6, 6.07) is 8.52. The van der Waals surface area contributed by atoms with E-state index in [0.717, 1.165) is 25.9 Å². The molecule has 1 aliphatic rings. The molecule has 84 valence electrons. The minimum Gasteiger partial charge on any atom is -0.375 e. The molecule has 0 radical (unpaired) electrons. The van der Waals surface area contributed by atoms with Gasteiger partial charge in [-0.2, -0.15) is 0 Å². The van der Waals surface area contributed by atoms with E-state index in [4.69, 9.17) is 0 Å². The Balaban J connectivity index is 2.09. The number of benzene rings is 1. The highest BCUT2D eigenvalue weighted by molar-refractivity contribution is 6.07. The minimum absolute atomic E-state index is 0.399. The second kappa shape index (κ2) is 4.92. The van der Waals surface area contributed by atoms with Crippen LogP contribution >= 0.6 is 0 Å². The molecule has 1 saturated heterocycles. The van der Waals surface area contributed by atoms with E-state index in [1.165, 1.54) is 6.20 Å². The number of carbonyl (C=O) groups excluding carboxylic acids is 1. The standard InChI is InChI=1S/C13H14FNO/c14-12(10-15-8-4-5-9-15)13(16)11-6-2-1-3-7-11/h1-3,6-7,10H,4-5,8-9H2. The van der Waals surface area contributed by atoms with Crippen LogP contribution in [0.5, 0.6) is 0 Å². The maximum absolute atomic E-state index is 13.6. The third-order valence-corrected chi connectivity index (χ3v) is 2.69. The molecule has 0 spiro atoms. The fourth-order valence-electron chi connectivity index (χ4n) is 1.82. The third-order valence-electron chi connectivity index (χ3n) is 2.69. The fraction of sp³-hybridized carbons (Fsp3) is 0.308. The number of rotatable bonds is 3. The van der Waals surface area contributed by atoms with Crippen LogP contribution in [0.2, 0.25) is 0 Å². The second-order valence-electron chi connectivity index (χ2n) is 3.92. The van der Waals surface area contributed by atoms with E-state index in [1.54, 1.807) is 30.3 Å². The number of halogens is 1. The molecule has 1 aromatic carbocycles. The molecule has 0 aliphatic carbocycles. The summed E-state index contributed by atoms with van der Waals surface area (Å²) in [5, 5.41) is 0.